The molecule has 1 aliphatic rings. The van der Waals surface area contributed by atoms with Crippen molar-refractivity contribution in [3.8, 4) is 11.8 Å². The number of alkyl halides is 2. The van der Waals surface area contributed by atoms with Gasteiger partial charge in [-0.05, 0) is 30.0 Å². The summed E-state index contributed by atoms with van der Waals surface area (Å²) in [6.45, 7) is 3.83. The first-order valence-electron chi connectivity index (χ1n) is 9.99. The van der Waals surface area contributed by atoms with E-state index in [9.17, 15) is 23.5 Å². The van der Waals surface area contributed by atoms with Gasteiger partial charge in [0.15, 0.2) is 0 Å². The second-order valence-electron chi connectivity index (χ2n) is 7.49. The molecule has 3 atom stereocenters. The number of carbonyl (C=O) groups is 2. The van der Waals surface area contributed by atoms with Gasteiger partial charge in [0, 0.05) is 25.8 Å². The number of carbonyl (C=O) groups excluding carboxylic acids is 1. The number of likely N-dealkylation sites (tertiary alicyclic amines) is 1. The Morgan fingerprint density at radius 1 is 1.33 bits per heavy atom. The Hall–Kier alpha value is -2.72. The van der Waals surface area contributed by atoms with Crippen molar-refractivity contribution in [1.29, 1.82) is 0 Å². The standard InChI is InChI=1S/C23H27F2NO4/c1-3-4-5-6-16(2)20(27)12-11-19-15-23(24,25)22(30)26(19)14-13-17-7-9-18(10-8-17)21(28)29/h7-12,16,19-20,27H,3,6,13-15H2,1-2H3,(H,28,29)/t16-,19+,20+/m1/s1. The number of carboxylic acid groups (broad SMARTS) is 1. The number of hydrogen-bond donors (Lipinski definition) is 2. The summed E-state index contributed by atoms with van der Waals surface area (Å²) in [4.78, 5) is 24.2. The Morgan fingerprint density at radius 3 is 2.60 bits per heavy atom. The molecule has 1 amide bonds. The van der Waals surface area contributed by atoms with Crippen LogP contribution in [0.2, 0.25) is 0 Å². The summed E-state index contributed by atoms with van der Waals surface area (Å²) in [5, 5.41) is 19.2. The van der Waals surface area contributed by atoms with Crippen molar-refractivity contribution in [2.24, 2.45) is 5.92 Å². The highest BCUT2D eigenvalue weighted by atomic mass is 19.3. The molecule has 0 unspecified atom stereocenters. The van der Waals surface area contributed by atoms with Gasteiger partial charge in [-0.3, -0.25) is 4.79 Å². The molecule has 5 nitrogen and oxygen atoms in total. The molecule has 0 bridgehead atoms. The lowest BCUT2D eigenvalue weighted by atomic mass is 9.99. The smallest absolute Gasteiger partial charge is 0.335 e. The van der Waals surface area contributed by atoms with Crippen molar-refractivity contribution in [3.05, 3.63) is 47.5 Å². The molecular formula is C23H27F2NO4. The van der Waals surface area contributed by atoms with Gasteiger partial charge in [-0.2, -0.15) is 8.78 Å². The monoisotopic (exact) mass is 419 g/mol. The summed E-state index contributed by atoms with van der Waals surface area (Å²) >= 11 is 0. The quantitative estimate of drug-likeness (QED) is 0.499. The van der Waals surface area contributed by atoms with Crippen molar-refractivity contribution < 1.29 is 28.6 Å². The van der Waals surface area contributed by atoms with Crippen LogP contribution in [0.3, 0.4) is 0 Å². The van der Waals surface area contributed by atoms with Crippen LogP contribution < -0.4 is 0 Å². The minimum atomic E-state index is -3.44. The second kappa shape index (κ2) is 10.4. The Labute approximate surface area is 175 Å². The molecule has 162 valence electrons. The Bertz CT molecular complexity index is 839. The van der Waals surface area contributed by atoms with Crippen molar-refractivity contribution in [3.63, 3.8) is 0 Å². The maximum absolute atomic E-state index is 14.0. The van der Waals surface area contributed by atoms with Crippen molar-refractivity contribution in [1.82, 2.24) is 4.90 Å². The summed E-state index contributed by atoms with van der Waals surface area (Å²) < 4.78 is 28.0. The van der Waals surface area contributed by atoms with Gasteiger partial charge in [0.05, 0.1) is 17.7 Å². The molecule has 2 rings (SSSR count). The molecule has 1 aromatic rings. The third kappa shape index (κ3) is 6.14. The Morgan fingerprint density at radius 2 is 2.00 bits per heavy atom. The minimum absolute atomic E-state index is 0.0729. The van der Waals surface area contributed by atoms with Crippen LogP contribution in [0.1, 0.15) is 49.0 Å². The summed E-state index contributed by atoms with van der Waals surface area (Å²) in [6, 6.07) is 5.28. The zero-order valence-corrected chi connectivity index (χ0v) is 17.1. The van der Waals surface area contributed by atoms with Crippen LogP contribution in [0, 0.1) is 17.8 Å². The topological polar surface area (TPSA) is 77.8 Å². The number of aromatic carboxylic acids is 1. The zero-order valence-electron chi connectivity index (χ0n) is 17.1. The highest BCUT2D eigenvalue weighted by molar-refractivity contribution is 5.87. The predicted octanol–water partition coefficient (Wildman–Crippen LogP) is 3.52. The highest BCUT2D eigenvalue weighted by Crippen LogP contribution is 2.34. The average molecular weight is 419 g/mol. The lowest BCUT2D eigenvalue weighted by Crippen LogP contribution is -2.37. The van der Waals surface area contributed by atoms with E-state index in [1.165, 1.54) is 24.3 Å². The number of rotatable bonds is 8. The van der Waals surface area contributed by atoms with Crippen LogP contribution in [0.15, 0.2) is 36.4 Å². The van der Waals surface area contributed by atoms with Gasteiger partial charge in [0.25, 0.3) is 5.91 Å². The molecule has 0 spiro atoms. The van der Waals surface area contributed by atoms with Gasteiger partial charge >= 0.3 is 11.9 Å². The molecular weight excluding hydrogens is 392 g/mol. The summed E-state index contributed by atoms with van der Waals surface area (Å²) in [6.07, 6.45) is 3.01. The fraction of sp³-hybridized carbons (Fsp3) is 0.478. The lowest BCUT2D eigenvalue weighted by molar-refractivity contribution is -0.148. The number of carboxylic acids is 1. The van der Waals surface area contributed by atoms with Crippen LogP contribution in [-0.2, 0) is 11.2 Å². The molecule has 1 fully saturated rings. The third-order valence-electron chi connectivity index (χ3n) is 5.12. The van der Waals surface area contributed by atoms with E-state index in [-0.39, 0.29) is 18.0 Å². The Kier molecular flexibility index (Phi) is 8.13. The molecule has 1 saturated heterocycles. The fourth-order valence-electron chi connectivity index (χ4n) is 3.23. The van der Waals surface area contributed by atoms with Gasteiger partial charge in [-0.25, -0.2) is 4.79 Å². The molecule has 0 aromatic heterocycles. The van der Waals surface area contributed by atoms with E-state index in [2.05, 4.69) is 11.8 Å². The maximum atomic E-state index is 14.0. The predicted molar refractivity (Wildman–Crippen MR) is 109 cm³/mol. The summed E-state index contributed by atoms with van der Waals surface area (Å²) in [7, 11) is 0. The van der Waals surface area contributed by atoms with Gasteiger partial charge < -0.3 is 15.1 Å². The number of halogens is 2. The van der Waals surface area contributed by atoms with Crippen LogP contribution in [0.4, 0.5) is 8.78 Å². The Balaban J connectivity index is 2.04. The van der Waals surface area contributed by atoms with E-state index in [1.54, 1.807) is 12.1 Å². The van der Waals surface area contributed by atoms with E-state index >= 15 is 0 Å². The molecule has 1 aliphatic heterocycles. The van der Waals surface area contributed by atoms with E-state index in [1.807, 2.05) is 13.8 Å². The van der Waals surface area contributed by atoms with Gasteiger partial charge in [-0.15, -0.1) is 11.8 Å². The molecule has 1 heterocycles. The normalized spacial score (nSPS) is 20.1. The minimum Gasteiger partial charge on any atom is -0.478 e. The molecule has 0 saturated carbocycles. The third-order valence-corrected chi connectivity index (χ3v) is 5.12. The fourth-order valence-corrected chi connectivity index (χ4v) is 3.23. The van der Waals surface area contributed by atoms with Crippen LogP contribution in [0.25, 0.3) is 0 Å². The molecule has 30 heavy (non-hydrogen) atoms. The SMILES string of the molecule is CCC#CC[C@@H](C)[C@@H](O)C=C[C@H]1CC(F)(F)C(=O)N1CCc1ccc(C(=O)O)cc1. The molecule has 1 aromatic carbocycles. The number of aliphatic hydroxyl groups is 1. The van der Waals surface area contributed by atoms with Crippen LogP contribution in [-0.4, -0.2) is 51.6 Å². The molecule has 0 aliphatic carbocycles. The summed E-state index contributed by atoms with van der Waals surface area (Å²) in [5.41, 5.74) is 0.879. The van der Waals surface area contributed by atoms with Crippen molar-refractivity contribution in [2.45, 2.75) is 57.6 Å². The second-order valence-corrected chi connectivity index (χ2v) is 7.49. The van der Waals surface area contributed by atoms with E-state index in [0.29, 0.717) is 12.8 Å². The lowest BCUT2D eigenvalue weighted by Gasteiger charge is -2.22. The largest absolute Gasteiger partial charge is 0.478 e. The highest BCUT2D eigenvalue weighted by Gasteiger charge is 2.52. The molecule has 2 N–H and O–H groups in total. The van der Waals surface area contributed by atoms with Crippen LogP contribution >= 0.6 is 0 Å². The van der Waals surface area contributed by atoms with E-state index < -0.39 is 36.4 Å². The van der Waals surface area contributed by atoms with Gasteiger partial charge in [0.2, 0.25) is 0 Å². The first-order chi connectivity index (χ1) is 14.2. The van der Waals surface area contributed by atoms with Crippen molar-refractivity contribution >= 4 is 11.9 Å². The first kappa shape index (κ1) is 23.6. The van der Waals surface area contributed by atoms with Gasteiger partial charge in [-0.1, -0.05) is 38.1 Å². The average Bonchev–Trinajstić information content (AvgIpc) is 2.93. The van der Waals surface area contributed by atoms with Gasteiger partial charge in [0.1, 0.15) is 0 Å². The maximum Gasteiger partial charge on any atom is 0.335 e. The number of benzene rings is 1. The van der Waals surface area contributed by atoms with E-state index in [0.717, 1.165) is 16.9 Å². The first-order valence-corrected chi connectivity index (χ1v) is 9.99. The van der Waals surface area contributed by atoms with E-state index in [4.69, 9.17) is 5.11 Å². The number of hydrogen-bond acceptors (Lipinski definition) is 3. The van der Waals surface area contributed by atoms with Crippen molar-refractivity contribution in [2.75, 3.05) is 6.54 Å². The number of amides is 1. The van der Waals surface area contributed by atoms with Crippen LogP contribution in [0.5, 0.6) is 0 Å². The number of aliphatic hydroxyl groups excluding tert-OH is 1. The molecule has 0 radical (unpaired) electrons. The zero-order chi connectivity index (χ0) is 22.3. The summed E-state index contributed by atoms with van der Waals surface area (Å²) in [5.74, 6) is 0.0181. The molecule has 7 heteroatoms. The number of nitrogens with zero attached hydrogens (tertiary/aromatic N) is 1.